The largest absolute Gasteiger partial charge is 0.462 e. The van der Waals surface area contributed by atoms with Crippen LogP contribution in [0.1, 0.15) is 239 Å². The summed E-state index contributed by atoms with van der Waals surface area (Å²) >= 11 is 0. The van der Waals surface area contributed by atoms with Gasteiger partial charge in [-0.3, -0.25) is 14.4 Å². The fourth-order valence-corrected chi connectivity index (χ4v) is 7.96. The molecule has 0 bridgehead atoms. The average Bonchev–Trinajstić information content (AvgIpc) is 3.47. The maximum atomic E-state index is 12.9. The average molecular weight is 1110 g/mol. The molecule has 0 aromatic rings. The maximum absolute atomic E-state index is 12.9. The van der Waals surface area contributed by atoms with Crippen LogP contribution in [0.25, 0.3) is 0 Å². The van der Waals surface area contributed by atoms with E-state index in [0.717, 1.165) is 167 Å². The van der Waals surface area contributed by atoms with E-state index in [1.54, 1.807) is 6.08 Å². The van der Waals surface area contributed by atoms with Crippen LogP contribution >= 0.6 is 0 Å². The molecule has 81 heavy (non-hydrogen) atoms. The van der Waals surface area contributed by atoms with Crippen molar-refractivity contribution in [1.82, 2.24) is 0 Å². The Labute approximate surface area is 497 Å². The third-order valence-electron chi connectivity index (χ3n) is 12.6. The molecule has 0 saturated heterocycles. The van der Waals surface area contributed by atoms with Crippen molar-refractivity contribution >= 4 is 17.9 Å². The molecule has 0 aliphatic carbocycles. The van der Waals surface area contributed by atoms with Crippen LogP contribution in [0.3, 0.4) is 0 Å². The highest BCUT2D eigenvalue weighted by Gasteiger charge is 2.19. The molecule has 0 heterocycles. The minimum Gasteiger partial charge on any atom is -0.462 e. The van der Waals surface area contributed by atoms with Gasteiger partial charge in [0.15, 0.2) is 6.10 Å². The molecular weight excluding hydrogens is 997 g/mol. The molecule has 450 valence electrons. The second-order valence-electron chi connectivity index (χ2n) is 20.2. The number of hydrogen-bond donors (Lipinski definition) is 0. The summed E-state index contributed by atoms with van der Waals surface area (Å²) in [6, 6.07) is 0. The molecule has 0 saturated carbocycles. The molecule has 0 spiro atoms. The number of allylic oxidation sites excluding steroid dienone is 31. The van der Waals surface area contributed by atoms with Gasteiger partial charge >= 0.3 is 17.9 Å². The molecule has 0 rings (SSSR count). The van der Waals surface area contributed by atoms with Crippen molar-refractivity contribution in [2.24, 2.45) is 0 Å². The highest BCUT2D eigenvalue weighted by molar-refractivity contribution is 5.72. The van der Waals surface area contributed by atoms with Gasteiger partial charge in [-0.2, -0.15) is 0 Å². The zero-order chi connectivity index (χ0) is 58.5. The molecule has 6 nitrogen and oxygen atoms in total. The molecule has 0 radical (unpaired) electrons. The van der Waals surface area contributed by atoms with Crippen molar-refractivity contribution in [2.75, 3.05) is 13.2 Å². The van der Waals surface area contributed by atoms with Gasteiger partial charge in [-0.05, 0) is 141 Å². The van der Waals surface area contributed by atoms with Gasteiger partial charge in [0.1, 0.15) is 13.2 Å². The van der Waals surface area contributed by atoms with Crippen molar-refractivity contribution in [3.05, 3.63) is 194 Å². The van der Waals surface area contributed by atoms with E-state index in [1.165, 1.54) is 32.1 Å². The van der Waals surface area contributed by atoms with Gasteiger partial charge in [0.2, 0.25) is 0 Å². The number of rotatable bonds is 55. The molecular formula is C75H114O6. The molecule has 0 N–H and O–H groups in total. The van der Waals surface area contributed by atoms with E-state index in [1.807, 2.05) is 6.08 Å². The summed E-state index contributed by atoms with van der Waals surface area (Å²) in [5, 5.41) is 0. The topological polar surface area (TPSA) is 78.9 Å². The van der Waals surface area contributed by atoms with Gasteiger partial charge in [0, 0.05) is 12.8 Å². The molecule has 0 aliphatic rings. The number of unbranched alkanes of at least 4 members (excludes halogenated alkanes) is 13. The van der Waals surface area contributed by atoms with Crippen LogP contribution in [-0.4, -0.2) is 37.2 Å². The number of ether oxygens (including phenoxy) is 3. The van der Waals surface area contributed by atoms with Crippen LogP contribution in [0, 0.1) is 0 Å². The molecule has 0 amide bonds. The molecule has 1 atom stereocenters. The van der Waals surface area contributed by atoms with Crippen LogP contribution in [0.15, 0.2) is 194 Å². The molecule has 0 aromatic carbocycles. The maximum Gasteiger partial charge on any atom is 0.309 e. The van der Waals surface area contributed by atoms with E-state index in [0.29, 0.717) is 6.42 Å². The van der Waals surface area contributed by atoms with E-state index in [9.17, 15) is 14.4 Å². The second kappa shape index (κ2) is 66.8. The number of hydrogen-bond acceptors (Lipinski definition) is 6. The lowest BCUT2D eigenvalue weighted by atomic mass is 10.1. The predicted molar refractivity (Wildman–Crippen MR) is 352 cm³/mol. The third kappa shape index (κ3) is 64.9. The number of carbonyl (C=O) groups is 3. The van der Waals surface area contributed by atoms with Gasteiger partial charge in [0.05, 0.1) is 6.42 Å². The van der Waals surface area contributed by atoms with Gasteiger partial charge in [-0.25, -0.2) is 0 Å². The van der Waals surface area contributed by atoms with Crippen molar-refractivity contribution in [3.63, 3.8) is 0 Å². The van der Waals surface area contributed by atoms with E-state index >= 15 is 0 Å². The molecule has 0 fully saturated rings. The fraction of sp³-hybridized carbons (Fsp3) is 0.533. The van der Waals surface area contributed by atoms with Crippen molar-refractivity contribution in [2.45, 2.75) is 245 Å². The number of esters is 3. The van der Waals surface area contributed by atoms with Crippen molar-refractivity contribution in [3.8, 4) is 0 Å². The lowest BCUT2D eigenvalue weighted by Crippen LogP contribution is -2.30. The Balaban J connectivity index is 4.52. The summed E-state index contributed by atoms with van der Waals surface area (Å²) in [6.07, 6.45) is 102. The van der Waals surface area contributed by atoms with Crippen LogP contribution in [0.5, 0.6) is 0 Å². The zero-order valence-electron chi connectivity index (χ0n) is 51.5. The van der Waals surface area contributed by atoms with Crippen LogP contribution in [0.4, 0.5) is 0 Å². The minimum atomic E-state index is -0.846. The Morgan fingerprint density at radius 3 is 0.802 bits per heavy atom. The summed E-state index contributed by atoms with van der Waals surface area (Å²) in [6.45, 7) is 6.17. The first kappa shape index (κ1) is 75.2. The Morgan fingerprint density at radius 1 is 0.259 bits per heavy atom. The third-order valence-corrected chi connectivity index (χ3v) is 12.6. The van der Waals surface area contributed by atoms with Crippen LogP contribution < -0.4 is 0 Å². The summed E-state index contributed by atoms with van der Waals surface area (Å²) in [5.74, 6) is -1.10. The second-order valence-corrected chi connectivity index (χ2v) is 20.2. The first-order chi connectivity index (χ1) is 40.0. The Hall–Kier alpha value is -5.75. The Bertz CT molecular complexity index is 1950. The summed E-state index contributed by atoms with van der Waals surface area (Å²) in [5.41, 5.74) is 0. The Kier molecular flexibility index (Phi) is 62.0. The summed E-state index contributed by atoms with van der Waals surface area (Å²) < 4.78 is 16.8. The fourth-order valence-electron chi connectivity index (χ4n) is 7.96. The predicted octanol–water partition coefficient (Wildman–Crippen LogP) is 22.2. The summed E-state index contributed by atoms with van der Waals surface area (Å²) in [4.78, 5) is 38.3. The van der Waals surface area contributed by atoms with Crippen molar-refractivity contribution < 1.29 is 28.6 Å². The highest BCUT2D eigenvalue weighted by atomic mass is 16.6. The Morgan fingerprint density at radius 2 is 0.494 bits per heavy atom. The molecule has 1 unspecified atom stereocenters. The normalized spacial score (nSPS) is 13.5. The van der Waals surface area contributed by atoms with Gasteiger partial charge in [0.25, 0.3) is 0 Å². The minimum absolute atomic E-state index is 0.110. The van der Waals surface area contributed by atoms with Gasteiger partial charge in [-0.15, -0.1) is 0 Å². The molecule has 0 aliphatic heterocycles. The smallest absolute Gasteiger partial charge is 0.309 e. The van der Waals surface area contributed by atoms with E-state index in [4.69, 9.17) is 14.2 Å². The lowest BCUT2D eigenvalue weighted by Gasteiger charge is -2.18. The molecule has 0 aromatic heterocycles. The standard InChI is InChI=1S/C75H114O6/c1-4-7-10-13-16-19-22-25-28-30-32-34-35-36-37-38-39-41-42-44-47-50-53-56-59-62-65-68-74(77)80-71-72(70-79-73(76)67-64-61-58-55-52-49-46-27-24-21-18-15-12-9-6-3)81-75(78)69-66-63-60-57-54-51-48-45-43-40-33-31-29-26-23-20-17-14-11-8-5-2/h7-12,16-21,25-29,32-34,36-37,39-41,45-46,48,52,55,61,64,72H,4-6,13-15,22-24,30-31,35,38,42-44,47,49-51,53-54,56-60,62-63,65-71H2,1-3H3/b10-7-,11-8-,12-9-,19-16-,20-17-,21-18-,28-25-,29-26-,34-32-,37-36-,40-33-,41-39-,46-27-,48-45-,55-52-,64-61-. The van der Waals surface area contributed by atoms with Gasteiger partial charge in [-0.1, -0.05) is 273 Å². The zero-order valence-corrected chi connectivity index (χ0v) is 51.5. The first-order valence-electron chi connectivity index (χ1n) is 31.9. The van der Waals surface area contributed by atoms with Gasteiger partial charge < -0.3 is 14.2 Å². The van der Waals surface area contributed by atoms with Crippen LogP contribution in [-0.2, 0) is 28.6 Å². The van der Waals surface area contributed by atoms with E-state index < -0.39 is 12.1 Å². The van der Waals surface area contributed by atoms with Crippen LogP contribution in [0.2, 0.25) is 0 Å². The van der Waals surface area contributed by atoms with E-state index in [2.05, 4.69) is 203 Å². The van der Waals surface area contributed by atoms with Crippen molar-refractivity contribution in [1.29, 1.82) is 0 Å². The quantitative estimate of drug-likeness (QED) is 0.0261. The monoisotopic (exact) mass is 1110 g/mol. The summed E-state index contributed by atoms with van der Waals surface area (Å²) in [7, 11) is 0. The first-order valence-corrected chi connectivity index (χ1v) is 31.9. The molecule has 6 heteroatoms. The lowest BCUT2D eigenvalue weighted by molar-refractivity contribution is -0.166. The highest BCUT2D eigenvalue weighted by Crippen LogP contribution is 2.13. The SMILES string of the molecule is CC/C=C\C/C=C\C/C=C\C/C=C\C/C=C\C/C=C\CCCCCCCCCCC(=O)OCC(COC(=O)C/C=C\C/C=C\C/C=C\C/C=C\C/C=C\CC)OC(=O)CCCCCCC/C=C\C/C=C\C/C=C\C/C=C\C/C=C\CC. The van der Waals surface area contributed by atoms with E-state index in [-0.39, 0.29) is 38.0 Å². The number of carbonyl (C=O) groups excluding carboxylic acids is 3.